The monoisotopic (exact) mass is 229 g/mol. The molecule has 1 heterocycles. The third-order valence-corrected chi connectivity index (χ3v) is 4.33. The van der Waals surface area contributed by atoms with Crippen LogP contribution in [0.1, 0.15) is 37.7 Å². The lowest BCUT2D eigenvalue weighted by atomic mass is 9.85. The second-order valence-corrected chi connectivity index (χ2v) is 5.70. The van der Waals surface area contributed by atoms with Crippen LogP contribution in [0.3, 0.4) is 0 Å². The molecule has 1 aliphatic heterocycles. The van der Waals surface area contributed by atoms with Gasteiger partial charge < -0.3 is 4.90 Å². The van der Waals surface area contributed by atoms with Gasteiger partial charge in [-0.25, -0.2) is 0 Å². The van der Waals surface area contributed by atoms with Gasteiger partial charge in [0.1, 0.15) is 0 Å². The summed E-state index contributed by atoms with van der Waals surface area (Å²) in [6.07, 6.45) is 5.84. The molecule has 0 unspecified atom stereocenters. The largest absolute Gasteiger partial charge is 0.312 e. The first-order chi connectivity index (χ1) is 8.19. The van der Waals surface area contributed by atoms with Gasteiger partial charge in [-0.05, 0) is 37.3 Å². The van der Waals surface area contributed by atoms with Crippen molar-refractivity contribution < 1.29 is 4.79 Å². The van der Waals surface area contributed by atoms with Crippen LogP contribution in [-0.2, 0) is 4.79 Å². The van der Waals surface area contributed by atoms with Crippen LogP contribution in [0.2, 0.25) is 0 Å². The van der Waals surface area contributed by atoms with Crippen LogP contribution >= 0.6 is 0 Å². The second kappa shape index (κ2) is 3.86. The van der Waals surface area contributed by atoms with Crippen molar-refractivity contribution >= 4 is 11.6 Å². The van der Waals surface area contributed by atoms with Gasteiger partial charge in [-0.15, -0.1) is 0 Å². The molecule has 1 aliphatic carbocycles. The van der Waals surface area contributed by atoms with Crippen LogP contribution in [0.25, 0.3) is 0 Å². The van der Waals surface area contributed by atoms with Crippen molar-refractivity contribution in [1.82, 2.24) is 0 Å². The average Bonchev–Trinajstić information content (AvgIpc) is 2.88. The van der Waals surface area contributed by atoms with Crippen LogP contribution in [0.4, 0.5) is 5.69 Å². The van der Waals surface area contributed by atoms with E-state index in [1.165, 1.54) is 31.2 Å². The predicted molar refractivity (Wildman–Crippen MR) is 69.1 cm³/mol. The molecule has 2 nitrogen and oxygen atoms in total. The van der Waals surface area contributed by atoms with E-state index >= 15 is 0 Å². The normalized spacial score (nSPS) is 22.6. The van der Waals surface area contributed by atoms with Crippen molar-refractivity contribution in [3.8, 4) is 0 Å². The molecule has 1 spiro atoms. The molecule has 0 atom stereocenters. The number of amides is 1. The van der Waals surface area contributed by atoms with Crippen LogP contribution in [0.5, 0.6) is 0 Å². The maximum Gasteiger partial charge on any atom is 0.227 e. The van der Waals surface area contributed by atoms with Crippen molar-refractivity contribution in [1.29, 1.82) is 0 Å². The van der Waals surface area contributed by atoms with Crippen molar-refractivity contribution in [2.24, 2.45) is 5.41 Å². The summed E-state index contributed by atoms with van der Waals surface area (Å²) < 4.78 is 0. The molecule has 0 N–H and O–H groups in total. The van der Waals surface area contributed by atoms with Crippen LogP contribution < -0.4 is 4.90 Å². The lowest BCUT2D eigenvalue weighted by Crippen LogP contribution is -2.26. The highest BCUT2D eigenvalue weighted by Gasteiger charge is 2.44. The molecule has 1 aromatic carbocycles. The van der Waals surface area contributed by atoms with E-state index in [1.807, 2.05) is 4.90 Å². The number of aryl methyl sites for hydroxylation is 1. The number of rotatable bonds is 1. The molecule has 0 radical (unpaired) electrons. The molecular weight excluding hydrogens is 210 g/mol. The summed E-state index contributed by atoms with van der Waals surface area (Å²) in [5.74, 6) is 0.316. The Kier molecular flexibility index (Phi) is 2.46. The van der Waals surface area contributed by atoms with Crippen molar-refractivity contribution in [2.75, 3.05) is 11.4 Å². The average molecular weight is 229 g/mol. The number of carbonyl (C=O) groups excluding carboxylic acids is 1. The van der Waals surface area contributed by atoms with Gasteiger partial charge in [-0.3, -0.25) is 4.79 Å². The Morgan fingerprint density at radius 1 is 1.12 bits per heavy atom. The maximum atomic E-state index is 12.1. The lowest BCUT2D eigenvalue weighted by Gasteiger charge is -2.23. The molecule has 2 heteroatoms. The standard InChI is InChI=1S/C15H19NO/c1-12-4-6-13(7-5-12)16-11-15(10-14(16)17)8-2-3-9-15/h4-7H,2-3,8-11H2,1H3. The quantitative estimate of drug-likeness (QED) is 0.723. The first-order valence-corrected chi connectivity index (χ1v) is 6.56. The smallest absolute Gasteiger partial charge is 0.227 e. The van der Waals surface area contributed by atoms with E-state index in [-0.39, 0.29) is 0 Å². The summed E-state index contributed by atoms with van der Waals surface area (Å²) in [7, 11) is 0. The Balaban J connectivity index is 1.85. The van der Waals surface area contributed by atoms with Crippen LogP contribution in [0, 0.1) is 12.3 Å². The number of nitrogens with zero attached hydrogens (tertiary/aromatic N) is 1. The number of carbonyl (C=O) groups is 1. The zero-order chi connectivity index (χ0) is 11.9. The molecule has 0 aromatic heterocycles. The molecule has 1 saturated carbocycles. The number of benzene rings is 1. The first-order valence-electron chi connectivity index (χ1n) is 6.56. The van der Waals surface area contributed by atoms with Gasteiger partial charge in [0.05, 0.1) is 0 Å². The van der Waals surface area contributed by atoms with Crippen molar-refractivity contribution in [3.63, 3.8) is 0 Å². The summed E-state index contributed by atoms with van der Waals surface area (Å²) in [5.41, 5.74) is 2.63. The zero-order valence-electron chi connectivity index (χ0n) is 10.4. The fourth-order valence-electron chi connectivity index (χ4n) is 3.32. The van der Waals surface area contributed by atoms with E-state index in [2.05, 4.69) is 31.2 Å². The Morgan fingerprint density at radius 2 is 1.76 bits per heavy atom. The highest BCUT2D eigenvalue weighted by molar-refractivity contribution is 5.96. The van der Waals surface area contributed by atoms with Crippen LogP contribution in [-0.4, -0.2) is 12.5 Å². The predicted octanol–water partition coefficient (Wildman–Crippen LogP) is 3.29. The topological polar surface area (TPSA) is 20.3 Å². The summed E-state index contributed by atoms with van der Waals surface area (Å²) in [6.45, 7) is 3.02. The summed E-state index contributed by atoms with van der Waals surface area (Å²) in [6, 6.07) is 8.31. The van der Waals surface area contributed by atoms with Crippen LogP contribution in [0.15, 0.2) is 24.3 Å². The van der Waals surface area contributed by atoms with Gasteiger partial charge in [0.15, 0.2) is 0 Å². The number of anilines is 1. The lowest BCUT2D eigenvalue weighted by molar-refractivity contribution is -0.117. The maximum absolute atomic E-state index is 12.1. The molecule has 2 fully saturated rings. The Bertz CT molecular complexity index is 429. The molecular formula is C15H19NO. The fourth-order valence-corrected chi connectivity index (χ4v) is 3.32. The molecule has 1 amide bonds. The zero-order valence-corrected chi connectivity index (χ0v) is 10.4. The minimum absolute atomic E-state index is 0.308. The Labute approximate surface area is 103 Å². The van der Waals surface area contributed by atoms with Gasteiger partial charge in [0.25, 0.3) is 0 Å². The number of hydrogen-bond acceptors (Lipinski definition) is 1. The van der Waals surface area contributed by atoms with Gasteiger partial charge >= 0.3 is 0 Å². The second-order valence-electron chi connectivity index (χ2n) is 5.70. The molecule has 2 aliphatic rings. The van der Waals surface area contributed by atoms with Gasteiger partial charge in [0.2, 0.25) is 5.91 Å². The van der Waals surface area contributed by atoms with Crippen molar-refractivity contribution in [2.45, 2.75) is 39.0 Å². The van der Waals surface area contributed by atoms with E-state index in [1.54, 1.807) is 0 Å². The minimum atomic E-state index is 0.308. The van der Waals surface area contributed by atoms with E-state index in [0.29, 0.717) is 11.3 Å². The van der Waals surface area contributed by atoms with E-state index in [0.717, 1.165) is 18.7 Å². The fraction of sp³-hybridized carbons (Fsp3) is 0.533. The van der Waals surface area contributed by atoms with E-state index < -0.39 is 0 Å². The summed E-state index contributed by atoms with van der Waals surface area (Å²) in [5, 5.41) is 0. The minimum Gasteiger partial charge on any atom is -0.312 e. The third kappa shape index (κ3) is 1.86. The SMILES string of the molecule is Cc1ccc(N2CC3(CCCC3)CC2=O)cc1. The van der Waals surface area contributed by atoms with Gasteiger partial charge in [-0.2, -0.15) is 0 Å². The molecule has 90 valence electrons. The first kappa shape index (κ1) is 10.8. The van der Waals surface area contributed by atoms with Crippen molar-refractivity contribution in [3.05, 3.63) is 29.8 Å². The highest BCUT2D eigenvalue weighted by atomic mass is 16.2. The summed E-state index contributed by atoms with van der Waals surface area (Å²) in [4.78, 5) is 14.1. The molecule has 1 saturated heterocycles. The third-order valence-electron chi connectivity index (χ3n) is 4.33. The Hall–Kier alpha value is -1.31. The molecule has 1 aromatic rings. The Morgan fingerprint density at radius 3 is 2.41 bits per heavy atom. The molecule has 17 heavy (non-hydrogen) atoms. The van der Waals surface area contributed by atoms with E-state index in [9.17, 15) is 4.79 Å². The van der Waals surface area contributed by atoms with Gasteiger partial charge in [0, 0.05) is 18.7 Å². The van der Waals surface area contributed by atoms with E-state index in [4.69, 9.17) is 0 Å². The molecule has 0 bridgehead atoms. The summed E-state index contributed by atoms with van der Waals surface area (Å²) >= 11 is 0. The number of hydrogen-bond donors (Lipinski definition) is 0. The molecule has 3 rings (SSSR count). The highest BCUT2D eigenvalue weighted by Crippen LogP contribution is 2.46. The van der Waals surface area contributed by atoms with Gasteiger partial charge in [-0.1, -0.05) is 30.5 Å².